The molecule has 1 aliphatic heterocycles. The summed E-state index contributed by atoms with van der Waals surface area (Å²) in [5, 5.41) is 18.3. The molecule has 0 amide bonds. The first-order valence-corrected chi connectivity index (χ1v) is 6.91. The van der Waals surface area contributed by atoms with E-state index in [-0.39, 0.29) is 6.10 Å². The molecule has 1 aromatic rings. The molecule has 1 aliphatic rings. The van der Waals surface area contributed by atoms with Gasteiger partial charge in [0.2, 0.25) is 0 Å². The van der Waals surface area contributed by atoms with Crippen LogP contribution in [-0.2, 0) is 13.1 Å². The molecule has 5 nitrogen and oxygen atoms in total. The number of aliphatic hydroxyl groups is 1. The van der Waals surface area contributed by atoms with Crippen LogP contribution in [0.4, 0.5) is 0 Å². The van der Waals surface area contributed by atoms with E-state index in [1.54, 1.807) is 0 Å². The molecule has 2 heterocycles. The number of aryl methyl sites for hydroxylation is 1. The van der Waals surface area contributed by atoms with Crippen LogP contribution in [-0.4, -0.2) is 44.0 Å². The van der Waals surface area contributed by atoms with Crippen molar-refractivity contribution in [3.8, 4) is 0 Å². The average Bonchev–Trinajstić information content (AvgIpc) is 2.67. The van der Waals surface area contributed by atoms with Gasteiger partial charge in [-0.2, -0.15) is 0 Å². The van der Waals surface area contributed by atoms with Gasteiger partial charge in [-0.15, -0.1) is 10.2 Å². The minimum Gasteiger partial charge on any atom is -0.392 e. The molecule has 0 aliphatic carbocycles. The standard InChI is InChI=1S/C13H24N4O/c1-4-6-17-11(3)14-15-13(17)9-16-7-5-10(2)12(18)8-16/h10,12,18H,4-9H2,1-3H3. The molecule has 18 heavy (non-hydrogen) atoms. The van der Waals surface area contributed by atoms with E-state index in [4.69, 9.17) is 0 Å². The quantitative estimate of drug-likeness (QED) is 0.875. The molecule has 0 aromatic carbocycles. The lowest BCUT2D eigenvalue weighted by Crippen LogP contribution is -2.42. The average molecular weight is 252 g/mol. The summed E-state index contributed by atoms with van der Waals surface area (Å²) in [4.78, 5) is 2.28. The van der Waals surface area contributed by atoms with Gasteiger partial charge in [0.05, 0.1) is 12.6 Å². The first kappa shape index (κ1) is 13.5. The van der Waals surface area contributed by atoms with E-state index in [1.807, 2.05) is 6.92 Å². The third kappa shape index (κ3) is 2.90. The molecule has 1 fully saturated rings. The fourth-order valence-electron chi connectivity index (χ4n) is 2.51. The van der Waals surface area contributed by atoms with Crippen molar-refractivity contribution in [3.05, 3.63) is 11.6 Å². The van der Waals surface area contributed by atoms with Crippen molar-refractivity contribution in [2.24, 2.45) is 5.92 Å². The maximum absolute atomic E-state index is 9.92. The minimum absolute atomic E-state index is 0.206. The van der Waals surface area contributed by atoms with Crippen LogP contribution in [0, 0.1) is 12.8 Å². The second-order valence-corrected chi connectivity index (χ2v) is 5.38. The molecule has 0 bridgehead atoms. The van der Waals surface area contributed by atoms with Crippen molar-refractivity contribution in [2.75, 3.05) is 13.1 Å². The normalized spacial score (nSPS) is 25.6. The molecule has 0 radical (unpaired) electrons. The van der Waals surface area contributed by atoms with Gasteiger partial charge in [0.1, 0.15) is 11.6 Å². The molecule has 1 aromatic heterocycles. The number of hydrogen-bond donors (Lipinski definition) is 1. The zero-order chi connectivity index (χ0) is 13.1. The van der Waals surface area contributed by atoms with Gasteiger partial charge >= 0.3 is 0 Å². The summed E-state index contributed by atoms with van der Waals surface area (Å²) in [7, 11) is 0. The number of rotatable bonds is 4. The number of aliphatic hydroxyl groups excluding tert-OH is 1. The Morgan fingerprint density at radius 3 is 2.83 bits per heavy atom. The lowest BCUT2D eigenvalue weighted by molar-refractivity contribution is 0.0244. The Balaban J connectivity index is 2.01. The molecular formula is C13H24N4O. The minimum atomic E-state index is -0.206. The zero-order valence-corrected chi connectivity index (χ0v) is 11.6. The van der Waals surface area contributed by atoms with Crippen molar-refractivity contribution in [2.45, 2.75) is 52.8 Å². The van der Waals surface area contributed by atoms with E-state index in [1.165, 1.54) is 0 Å². The van der Waals surface area contributed by atoms with Crippen molar-refractivity contribution >= 4 is 0 Å². The van der Waals surface area contributed by atoms with Crippen molar-refractivity contribution in [1.29, 1.82) is 0 Å². The van der Waals surface area contributed by atoms with E-state index in [9.17, 15) is 5.11 Å². The molecule has 1 N–H and O–H groups in total. The van der Waals surface area contributed by atoms with E-state index >= 15 is 0 Å². The predicted octanol–water partition coefficient (Wildman–Crippen LogP) is 1.20. The summed E-state index contributed by atoms with van der Waals surface area (Å²) in [6.45, 7) is 9.83. The van der Waals surface area contributed by atoms with Crippen LogP contribution in [0.1, 0.15) is 38.3 Å². The molecule has 2 atom stereocenters. The van der Waals surface area contributed by atoms with Gasteiger partial charge in [-0.25, -0.2) is 0 Å². The number of aromatic nitrogens is 3. The summed E-state index contributed by atoms with van der Waals surface area (Å²) < 4.78 is 2.18. The maximum atomic E-state index is 9.92. The Bertz CT molecular complexity index is 390. The second-order valence-electron chi connectivity index (χ2n) is 5.38. The SMILES string of the molecule is CCCn1c(C)nnc1CN1CCC(C)C(O)C1. The number of β-amino-alcohol motifs (C(OH)–C–C–N with tert-alkyl or cyclic N) is 1. The summed E-state index contributed by atoms with van der Waals surface area (Å²) in [5.74, 6) is 2.42. The molecule has 5 heteroatoms. The first-order chi connectivity index (χ1) is 8.61. The van der Waals surface area contributed by atoms with Crippen LogP contribution in [0.3, 0.4) is 0 Å². The van der Waals surface area contributed by atoms with Crippen LogP contribution < -0.4 is 0 Å². The van der Waals surface area contributed by atoms with E-state index in [0.717, 1.165) is 50.7 Å². The van der Waals surface area contributed by atoms with Crippen LogP contribution in [0.25, 0.3) is 0 Å². The van der Waals surface area contributed by atoms with Crippen molar-refractivity contribution in [3.63, 3.8) is 0 Å². The van der Waals surface area contributed by atoms with Gasteiger partial charge < -0.3 is 9.67 Å². The highest BCUT2D eigenvalue weighted by Crippen LogP contribution is 2.18. The van der Waals surface area contributed by atoms with Crippen molar-refractivity contribution < 1.29 is 5.11 Å². The Labute approximate surface area is 109 Å². The summed E-state index contributed by atoms with van der Waals surface area (Å²) >= 11 is 0. The summed E-state index contributed by atoms with van der Waals surface area (Å²) in [6.07, 6.45) is 1.94. The Hall–Kier alpha value is -0.940. The highest BCUT2D eigenvalue weighted by Gasteiger charge is 2.25. The van der Waals surface area contributed by atoms with Gasteiger partial charge in [-0.05, 0) is 32.2 Å². The summed E-state index contributed by atoms with van der Waals surface area (Å²) in [5.41, 5.74) is 0. The number of piperidine rings is 1. The van der Waals surface area contributed by atoms with E-state index in [2.05, 4.69) is 33.5 Å². The van der Waals surface area contributed by atoms with E-state index < -0.39 is 0 Å². The topological polar surface area (TPSA) is 54.2 Å². The molecule has 1 saturated heterocycles. The van der Waals surface area contributed by atoms with Gasteiger partial charge in [-0.3, -0.25) is 4.90 Å². The molecular weight excluding hydrogens is 228 g/mol. The Morgan fingerprint density at radius 1 is 1.39 bits per heavy atom. The fraction of sp³-hybridized carbons (Fsp3) is 0.846. The molecule has 2 rings (SSSR count). The third-order valence-corrected chi connectivity index (χ3v) is 3.83. The summed E-state index contributed by atoms with van der Waals surface area (Å²) in [6, 6.07) is 0. The van der Waals surface area contributed by atoms with Crippen LogP contribution in [0.2, 0.25) is 0 Å². The third-order valence-electron chi connectivity index (χ3n) is 3.83. The maximum Gasteiger partial charge on any atom is 0.147 e. The molecule has 102 valence electrons. The molecule has 0 saturated carbocycles. The van der Waals surface area contributed by atoms with Crippen LogP contribution in [0.5, 0.6) is 0 Å². The monoisotopic (exact) mass is 252 g/mol. The molecule has 0 spiro atoms. The Kier molecular flexibility index (Phi) is 4.35. The lowest BCUT2D eigenvalue weighted by Gasteiger charge is -2.33. The van der Waals surface area contributed by atoms with Crippen LogP contribution in [0.15, 0.2) is 0 Å². The van der Waals surface area contributed by atoms with Gasteiger partial charge in [-0.1, -0.05) is 13.8 Å². The lowest BCUT2D eigenvalue weighted by atomic mass is 9.96. The highest BCUT2D eigenvalue weighted by molar-refractivity contribution is 4.95. The van der Waals surface area contributed by atoms with Gasteiger partial charge in [0.25, 0.3) is 0 Å². The fourth-order valence-corrected chi connectivity index (χ4v) is 2.51. The van der Waals surface area contributed by atoms with Gasteiger partial charge in [0, 0.05) is 13.1 Å². The number of hydrogen-bond acceptors (Lipinski definition) is 4. The zero-order valence-electron chi connectivity index (χ0n) is 11.6. The Morgan fingerprint density at radius 2 is 2.17 bits per heavy atom. The molecule has 2 unspecified atom stereocenters. The van der Waals surface area contributed by atoms with Crippen LogP contribution >= 0.6 is 0 Å². The second kappa shape index (κ2) is 5.80. The van der Waals surface area contributed by atoms with E-state index in [0.29, 0.717) is 5.92 Å². The smallest absolute Gasteiger partial charge is 0.147 e. The highest BCUT2D eigenvalue weighted by atomic mass is 16.3. The number of likely N-dealkylation sites (tertiary alicyclic amines) is 1. The predicted molar refractivity (Wildman–Crippen MR) is 70.1 cm³/mol. The largest absolute Gasteiger partial charge is 0.392 e. The first-order valence-electron chi connectivity index (χ1n) is 6.91. The van der Waals surface area contributed by atoms with Crippen molar-refractivity contribution in [1.82, 2.24) is 19.7 Å². The number of nitrogens with zero attached hydrogens (tertiary/aromatic N) is 4. The van der Waals surface area contributed by atoms with Gasteiger partial charge in [0.15, 0.2) is 0 Å².